The van der Waals surface area contributed by atoms with Crippen LogP contribution in [0.1, 0.15) is 56.2 Å². The van der Waals surface area contributed by atoms with Crippen molar-refractivity contribution in [3.63, 3.8) is 0 Å². The van der Waals surface area contributed by atoms with Gasteiger partial charge in [0, 0.05) is 17.2 Å². The number of rotatable bonds is 4. The van der Waals surface area contributed by atoms with Crippen LogP contribution in [0.4, 0.5) is 5.69 Å². The molecule has 0 saturated heterocycles. The lowest BCUT2D eigenvalue weighted by Crippen LogP contribution is -1.96. The molecule has 0 aliphatic carbocycles. The Labute approximate surface area is 149 Å². The lowest BCUT2D eigenvalue weighted by Gasteiger charge is -2.16. The van der Waals surface area contributed by atoms with Gasteiger partial charge in [-0.15, -0.1) is 0 Å². The summed E-state index contributed by atoms with van der Waals surface area (Å²) < 4.78 is 0. The average molecular weight is 331 g/mol. The predicted molar refractivity (Wildman–Crippen MR) is 107 cm³/mol. The second-order valence-corrected chi connectivity index (χ2v) is 7.08. The number of para-hydroxylation sites is 1. The highest BCUT2D eigenvalue weighted by atomic mass is 16.3. The predicted octanol–water partition coefficient (Wildman–Crippen LogP) is 6.54. The fraction of sp³-hybridized carbons (Fsp3) is 0.261. The number of phenols is 1. The number of hydrogen-bond acceptors (Lipinski definition) is 2. The van der Waals surface area contributed by atoms with Crippen LogP contribution in [0.15, 0.2) is 59.6 Å². The minimum atomic E-state index is 0.287. The second-order valence-electron chi connectivity index (χ2n) is 7.08. The van der Waals surface area contributed by atoms with Crippen molar-refractivity contribution in [2.75, 3.05) is 0 Å². The first-order valence-corrected chi connectivity index (χ1v) is 8.86. The number of nitrogens with zero attached hydrogens (tertiary/aromatic N) is 1. The molecule has 1 N–H and O–H groups in total. The Balaban J connectivity index is 2.10. The maximum Gasteiger partial charge on any atom is 0.132 e. The van der Waals surface area contributed by atoms with Crippen LogP contribution < -0.4 is 0 Å². The molecule has 0 spiro atoms. The topological polar surface area (TPSA) is 32.6 Å². The lowest BCUT2D eigenvalue weighted by atomic mass is 9.93. The summed E-state index contributed by atoms with van der Waals surface area (Å²) >= 11 is 0. The third-order valence-electron chi connectivity index (χ3n) is 4.61. The zero-order valence-electron chi connectivity index (χ0n) is 15.3. The molecule has 0 bridgehead atoms. The molecular weight excluding hydrogens is 306 g/mol. The summed E-state index contributed by atoms with van der Waals surface area (Å²) in [7, 11) is 0. The molecule has 2 heteroatoms. The summed E-state index contributed by atoms with van der Waals surface area (Å²) in [6, 6.07) is 18.2. The highest BCUT2D eigenvalue weighted by Crippen LogP contribution is 2.35. The van der Waals surface area contributed by atoms with Crippen LogP contribution in [-0.4, -0.2) is 11.3 Å². The smallest absolute Gasteiger partial charge is 0.132 e. The lowest BCUT2D eigenvalue weighted by molar-refractivity contribution is 0.481. The molecule has 0 amide bonds. The molecule has 0 unspecified atom stereocenters. The van der Waals surface area contributed by atoms with Crippen molar-refractivity contribution < 1.29 is 5.11 Å². The fourth-order valence-electron chi connectivity index (χ4n) is 3.17. The van der Waals surface area contributed by atoms with Crippen LogP contribution in [0.2, 0.25) is 0 Å². The Hall–Kier alpha value is -2.61. The number of benzene rings is 3. The molecule has 3 aromatic carbocycles. The van der Waals surface area contributed by atoms with Gasteiger partial charge in [0.1, 0.15) is 5.75 Å². The van der Waals surface area contributed by atoms with E-state index in [0.717, 1.165) is 22.0 Å². The van der Waals surface area contributed by atoms with Crippen molar-refractivity contribution in [1.82, 2.24) is 0 Å². The van der Waals surface area contributed by atoms with Crippen LogP contribution in [0.5, 0.6) is 5.75 Å². The van der Waals surface area contributed by atoms with Crippen LogP contribution in [0.3, 0.4) is 0 Å². The maximum absolute atomic E-state index is 10.6. The van der Waals surface area contributed by atoms with E-state index in [9.17, 15) is 5.11 Å². The maximum atomic E-state index is 10.6. The fourth-order valence-corrected chi connectivity index (χ4v) is 3.17. The minimum Gasteiger partial charge on any atom is -0.507 e. The van der Waals surface area contributed by atoms with Gasteiger partial charge >= 0.3 is 0 Å². The van der Waals surface area contributed by atoms with Gasteiger partial charge in [-0.05, 0) is 34.4 Å². The molecule has 0 aliphatic rings. The van der Waals surface area contributed by atoms with Crippen molar-refractivity contribution in [2.24, 2.45) is 4.99 Å². The van der Waals surface area contributed by atoms with Crippen molar-refractivity contribution >= 4 is 22.7 Å². The Morgan fingerprint density at radius 3 is 2.08 bits per heavy atom. The summed E-state index contributed by atoms with van der Waals surface area (Å²) in [6.07, 6.45) is 1.79. The normalized spacial score (nSPS) is 11.9. The molecule has 0 aliphatic heterocycles. The SMILES string of the molecule is CC(C)c1cccc(C(C)C)c1N=Cc1ccc2ccccc2c1O. The Morgan fingerprint density at radius 2 is 1.44 bits per heavy atom. The minimum absolute atomic E-state index is 0.287. The van der Waals surface area contributed by atoms with Gasteiger partial charge < -0.3 is 5.11 Å². The number of fused-ring (bicyclic) bond motifs is 1. The molecule has 25 heavy (non-hydrogen) atoms. The number of aliphatic imine (C=N–C) groups is 1. The van der Waals surface area contributed by atoms with Gasteiger partial charge in [0.25, 0.3) is 0 Å². The van der Waals surface area contributed by atoms with E-state index in [1.807, 2.05) is 36.4 Å². The summed E-state index contributed by atoms with van der Waals surface area (Å²) in [6.45, 7) is 8.75. The Kier molecular flexibility index (Phi) is 4.89. The summed E-state index contributed by atoms with van der Waals surface area (Å²) in [4.78, 5) is 4.80. The number of hydrogen-bond donors (Lipinski definition) is 1. The first kappa shape index (κ1) is 17.2. The van der Waals surface area contributed by atoms with Crippen molar-refractivity contribution in [3.05, 3.63) is 71.3 Å². The average Bonchev–Trinajstić information content (AvgIpc) is 2.61. The van der Waals surface area contributed by atoms with Crippen molar-refractivity contribution in [2.45, 2.75) is 39.5 Å². The van der Waals surface area contributed by atoms with Gasteiger partial charge in [-0.1, -0.05) is 76.2 Å². The highest BCUT2D eigenvalue weighted by molar-refractivity contribution is 5.97. The quantitative estimate of drug-likeness (QED) is 0.541. The first-order chi connectivity index (χ1) is 12.0. The van der Waals surface area contributed by atoms with E-state index in [2.05, 4.69) is 45.9 Å². The molecule has 0 fully saturated rings. The third kappa shape index (κ3) is 3.43. The Morgan fingerprint density at radius 1 is 0.800 bits per heavy atom. The van der Waals surface area contributed by atoms with Crippen LogP contribution in [-0.2, 0) is 0 Å². The molecule has 128 valence electrons. The van der Waals surface area contributed by atoms with Gasteiger partial charge in [0.05, 0.1) is 5.69 Å². The molecule has 3 rings (SSSR count). The summed E-state index contributed by atoms with van der Waals surface area (Å²) in [5.74, 6) is 1.09. The monoisotopic (exact) mass is 331 g/mol. The molecule has 0 aromatic heterocycles. The van der Waals surface area contributed by atoms with Gasteiger partial charge in [-0.3, -0.25) is 4.99 Å². The molecule has 0 heterocycles. The highest BCUT2D eigenvalue weighted by Gasteiger charge is 2.13. The largest absolute Gasteiger partial charge is 0.507 e. The second kappa shape index (κ2) is 7.10. The molecule has 3 aromatic rings. The van der Waals surface area contributed by atoms with E-state index in [4.69, 9.17) is 4.99 Å². The van der Waals surface area contributed by atoms with Gasteiger partial charge in [-0.2, -0.15) is 0 Å². The van der Waals surface area contributed by atoms with E-state index in [-0.39, 0.29) is 5.75 Å². The zero-order valence-corrected chi connectivity index (χ0v) is 15.3. The third-order valence-corrected chi connectivity index (χ3v) is 4.61. The van der Waals surface area contributed by atoms with Gasteiger partial charge in [0.15, 0.2) is 0 Å². The van der Waals surface area contributed by atoms with E-state index < -0.39 is 0 Å². The zero-order chi connectivity index (χ0) is 18.0. The van der Waals surface area contributed by atoms with E-state index in [1.54, 1.807) is 6.21 Å². The molecule has 0 saturated carbocycles. The van der Waals surface area contributed by atoms with Crippen LogP contribution in [0.25, 0.3) is 10.8 Å². The van der Waals surface area contributed by atoms with E-state index in [0.29, 0.717) is 11.8 Å². The number of phenolic OH excluding ortho intramolecular Hbond substituents is 1. The standard InChI is InChI=1S/C23H25NO/c1-15(2)19-10-7-11-20(16(3)4)22(19)24-14-18-13-12-17-8-5-6-9-21(17)23(18)25/h5-16,25H,1-4H3. The molecule has 0 atom stereocenters. The first-order valence-electron chi connectivity index (χ1n) is 8.86. The van der Waals surface area contributed by atoms with Gasteiger partial charge in [0.2, 0.25) is 0 Å². The van der Waals surface area contributed by atoms with E-state index in [1.165, 1.54) is 11.1 Å². The van der Waals surface area contributed by atoms with E-state index >= 15 is 0 Å². The van der Waals surface area contributed by atoms with Crippen LogP contribution in [0, 0.1) is 0 Å². The van der Waals surface area contributed by atoms with Crippen molar-refractivity contribution in [3.8, 4) is 5.75 Å². The molecular formula is C23H25NO. The number of aromatic hydroxyl groups is 1. The molecule has 0 radical (unpaired) electrons. The van der Waals surface area contributed by atoms with Gasteiger partial charge in [-0.25, -0.2) is 0 Å². The van der Waals surface area contributed by atoms with Crippen molar-refractivity contribution in [1.29, 1.82) is 0 Å². The summed E-state index contributed by atoms with van der Waals surface area (Å²) in [5.41, 5.74) is 4.25. The molecule has 2 nitrogen and oxygen atoms in total. The Bertz CT molecular complexity index is 896. The summed E-state index contributed by atoms with van der Waals surface area (Å²) in [5, 5.41) is 12.5. The van der Waals surface area contributed by atoms with Crippen LogP contribution >= 0.6 is 0 Å².